The third kappa shape index (κ3) is 4.44. The molecule has 0 spiro atoms. The number of carbonyl (C=O) groups excluding carboxylic acids is 2. The zero-order chi connectivity index (χ0) is 20.1. The standard InChI is InChI=1S/C22H19BrN2O3/c1-3-13-25-14-12-19(26)21(20(25)17-6-4-5-7-18(17)23)28-22(27)24-16-10-8-15(2)9-11-16/h1,4-12,14,20-21H,13H2,2H3,(H,24,27)/t20-,21-/m1/s1. The second-order valence-electron chi connectivity index (χ2n) is 6.38. The van der Waals surface area contributed by atoms with Gasteiger partial charge >= 0.3 is 6.09 Å². The van der Waals surface area contributed by atoms with Crippen molar-refractivity contribution in [2.45, 2.75) is 19.1 Å². The Morgan fingerprint density at radius 2 is 1.96 bits per heavy atom. The molecule has 0 aromatic heterocycles. The number of aryl methyl sites for hydroxylation is 1. The highest BCUT2D eigenvalue weighted by Gasteiger charge is 2.38. The maximum atomic E-state index is 12.6. The molecule has 1 aliphatic heterocycles. The molecule has 1 aliphatic rings. The highest BCUT2D eigenvalue weighted by Crippen LogP contribution is 2.35. The second kappa shape index (κ2) is 8.77. The van der Waals surface area contributed by atoms with Gasteiger partial charge in [-0.25, -0.2) is 4.79 Å². The summed E-state index contributed by atoms with van der Waals surface area (Å²) in [4.78, 5) is 26.9. The molecule has 28 heavy (non-hydrogen) atoms. The number of amides is 1. The summed E-state index contributed by atoms with van der Waals surface area (Å²) in [7, 11) is 0. The second-order valence-corrected chi connectivity index (χ2v) is 7.23. The quantitative estimate of drug-likeness (QED) is 0.716. The molecule has 1 N–H and O–H groups in total. The summed E-state index contributed by atoms with van der Waals surface area (Å²) in [6.07, 6.45) is 6.79. The van der Waals surface area contributed by atoms with E-state index >= 15 is 0 Å². The Balaban J connectivity index is 1.87. The first-order valence-electron chi connectivity index (χ1n) is 8.69. The lowest BCUT2D eigenvalue weighted by atomic mass is 9.94. The Labute approximate surface area is 172 Å². The fourth-order valence-electron chi connectivity index (χ4n) is 3.02. The number of hydrogen-bond donors (Lipinski definition) is 1. The fraction of sp³-hybridized carbons (Fsp3) is 0.182. The summed E-state index contributed by atoms with van der Waals surface area (Å²) < 4.78 is 6.36. The van der Waals surface area contributed by atoms with Crippen molar-refractivity contribution in [3.05, 3.63) is 76.4 Å². The van der Waals surface area contributed by atoms with E-state index < -0.39 is 18.2 Å². The van der Waals surface area contributed by atoms with Crippen LogP contribution in [0.15, 0.2) is 65.3 Å². The van der Waals surface area contributed by atoms with Crippen LogP contribution in [0.5, 0.6) is 0 Å². The average molecular weight is 439 g/mol. The van der Waals surface area contributed by atoms with Crippen LogP contribution in [0, 0.1) is 19.3 Å². The lowest BCUT2D eigenvalue weighted by Crippen LogP contribution is -2.44. The molecule has 2 aromatic carbocycles. The van der Waals surface area contributed by atoms with Gasteiger partial charge in [-0.15, -0.1) is 6.42 Å². The lowest BCUT2D eigenvalue weighted by molar-refractivity contribution is -0.126. The molecular formula is C22H19BrN2O3. The van der Waals surface area contributed by atoms with Gasteiger partial charge < -0.3 is 9.64 Å². The highest BCUT2D eigenvalue weighted by atomic mass is 79.9. The largest absolute Gasteiger partial charge is 0.435 e. The van der Waals surface area contributed by atoms with Gasteiger partial charge in [0.2, 0.25) is 0 Å². The van der Waals surface area contributed by atoms with E-state index in [1.54, 1.807) is 18.3 Å². The summed E-state index contributed by atoms with van der Waals surface area (Å²) >= 11 is 3.51. The predicted molar refractivity (Wildman–Crippen MR) is 112 cm³/mol. The molecular weight excluding hydrogens is 420 g/mol. The zero-order valence-electron chi connectivity index (χ0n) is 15.3. The Bertz CT molecular complexity index is 947. The van der Waals surface area contributed by atoms with Crippen LogP contribution in [-0.2, 0) is 9.53 Å². The number of benzene rings is 2. The van der Waals surface area contributed by atoms with Crippen LogP contribution >= 0.6 is 15.9 Å². The van der Waals surface area contributed by atoms with Gasteiger partial charge in [0, 0.05) is 22.4 Å². The number of nitrogens with one attached hydrogen (secondary N) is 1. The van der Waals surface area contributed by atoms with Gasteiger partial charge in [-0.2, -0.15) is 0 Å². The van der Waals surface area contributed by atoms with Crippen LogP contribution in [0.25, 0.3) is 0 Å². The summed E-state index contributed by atoms with van der Waals surface area (Å²) in [5, 5.41) is 2.66. The topological polar surface area (TPSA) is 58.6 Å². The monoisotopic (exact) mass is 438 g/mol. The molecule has 142 valence electrons. The third-order valence-corrected chi connectivity index (χ3v) is 5.11. The van der Waals surface area contributed by atoms with Gasteiger partial charge in [0.05, 0.1) is 6.54 Å². The van der Waals surface area contributed by atoms with Gasteiger partial charge in [0.15, 0.2) is 11.9 Å². The summed E-state index contributed by atoms with van der Waals surface area (Å²) in [6.45, 7) is 2.23. The van der Waals surface area contributed by atoms with Crippen LogP contribution in [0.3, 0.4) is 0 Å². The Kier molecular flexibility index (Phi) is 6.17. The van der Waals surface area contributed by atoms with Crippen LogP contribution in [0.1, 0.15) is 17.2 Å². The number of halogens is 1. The van der Waals surface area contributed by atoms with Crippen LogP contribution in [-0.4, -0.2) is 29.4 Å². The SMILES string of the molecule is C#CCN1C=CC(=O)[C@@H](OC(=O)Nc2ccc(C)cc2)[C@H]1c1ccccc1Br. The fourth-order valence-corrected chi connectivity index (χ4v) is 3.54. The van der Waals surface area contributed by atoms with Gasteiger partial charge in [-0.05, 0) is 30.7 Å². The van der Waals surface area contributed by atoms with Crippen molar-refractivity contribution in [2.75, 3.05) is 11.9 Å². The van der Waals surface area contributed by atoms with E-state index in [-0.39, 0.29) is 12.3 Å². The number of ketones is 1. The number of rotatable bonds is 4. The molecule has 2 atom stereocenters. The lowest BCUT2D eigenvalue weighted by Gasteiger charge is -2.37. The molecule has 6 heteroatoms. The van der Waals surface area contributed by atoms with Crippen molar-refractivity contribution in [1.29, 1.82) is 0 Å². The van der Waals surface area contributed by atoms with Crippen LogP contribution in [0.2, 0.25) is 0 Å². The molecule has 5 nitrogen and oxygen atoms in total. The molecule has 0 unspecified atom stereocenters. The van der Waals surface area contributed by atoms with E-state index in [9.17, 15) is 9.59 Å². The maximum absolute atomic E-state index is 12.6. The van der Waals surface area contributed by atoms with Crippen LogP contribution < -0.4 is 5.32 Å². The molecule has 0 aliphatic carbocycles. The molecule has 0 fully saturated rings. The van der Waals surface area contributed by atoms with Gasteiger partial charge in [0.25, 0.3) is 0 Å². The predicted octanol–water partition coefficient (Wildman–Crippen LogP) is 4.45. The summed E-state index contributed by atoms with van der Waals surface area (Å²) in [5.74, 6) is 2.28. The Morgan fingerprint density at radius 3 is 2.64 bits per heavy atom. The Morgan fingerprint density at radius 1 is 1.25 bits per heavy atom. The molecule has 0 radical (unpaired) electrons. The number of terminal acetylenes is 1. The van der Waals surface area contributed by atoms with Crippen molar-refractivity contribution in [3.63, 3.8) is 0 Å². The van der Waals surface area contributed by atoms with Crippen molar-refractivity contribution >= 4 is 33.5 Å². The van der Waals surface area contributed by atoms with E-state index in [2.05, 4.69) is 27.2 Å². The van der Waals surface area contributed by atoms with E-state index in [0.717, 1.165) is 15.6 Å². The van der Waals surface area contributed by atoms with Crippen molar-refractivity contribution in [2.24, 2.45) is 0 Å². The molecule has 1 heterocycles. The van der Waals surface area contributed by atoms with Crippen LogP contribution in [0.4, 0.5) is 10.5 Å². The number of carbonyl (C=O) groups is 2. The van der Waals surface area contributed by atoms with Gasteiger partial charge in [-0.3, -0.25) is 10.1 Å². The van der Waals surface area contributed by atoms with Gasteiger partial charge in [0.1, 0.15) is 6.04 Å². The minimum Gasteiger partial charge on any atom is -0.435 e. The minimum atomic E-state index is -1.03. The molecule has 0 saturated carbocycles. The summed E-state index contributed by atoms with van der Waals surface area (Å²) in [5.41, 5.74) is 2.47. The normalized spacial score (nSPS) is 18.5. The first-order valence-corrected chi connectivity index (χ1v) is 9.49. The zero-order valence-corrected chi connectivity index (χ0v) is 16.8. The first kappa shape index (κ1) is 19.7. The van der Waals surface area contributed by atoms with Crippen molar-refractivity contribution < 1.29 is 14.3 Å². The van der Waals surface area contributed by atoms with Gasteiger partial charge in [-0.1, -0.05) is 57.7 Å². The molecule has 0 bridgehead atoms. The molecule has 0 saturated heterocycles. The molecule has 1 amide bonds. The molecule has 3 rings (SSSR count). The average Bonchev–Trinajstić information content (AvgIpc) is 2.67. The van der Waals surface area contributed by atoms with E-state index in [1.165, 1.54) is 6.08 Å². The highest BCUT2D eigenvalue weighted by molar-refractivity contribution is 9.10. The van der Waals surface area contributed by atoms with E-state index in [4.69, 9.17) is 11.2 Å². The third-order valence-electron chi connectivity index (χ3n) is 4.38. The van der Waals surface area contributed by atoms with Crippen molar-refractivity contribution in [1.82, 2.24) is 4.90 Å². The number of hydrogen-bond acceptors (Lipinski definition) is 4. The number of anilines is 1. The number of nitrogens with zero attached hydrogens (tertiary/aromatic N) is 1. The number of ether oxygens (including phenoxy) is 1. The molecule has 2 aromatic rings. The maximum Gasteiger partial charge on any atom is 0.412 e. The Hall–Kier alpha value is -3.04. The van der Waals surface area contributed by atoms with E-state index in [0.29, 0.717) is 5.69 Å². The summed E-state index contributed by atoms with van der Waals surface area (Å²) in [6, 6.07) is 14.2. The van der Waals surface area contributed by atoms with Crippen molar-refractivity contribution in [3.8, 4) is 12.3 Å². The smallest absolute Gasteiger partial charge is 0.412 e. The minimum absolute atomic E-state index is 0.273. The first-order chi connectivity index (χ1) is 13.5. The van der Waals surface area contributed by atoms with E-state index in [1.807, 2.05) is 48.2 Å².